The fourth-order valence-electron chi connectivity index (χ4n) is 3.88. The first kappa shape index (κ1) is 12.3. The molecule has 0 N–H and O–H groups in total. The molecule has 2 aliphatic carbocycles. The molecule has 106 valence electrons. The van der Waals surface area contributed by atoms with Gasteiger partial charge in [0.1, 0.15) is 0 Å². The zero-order valence-electron chi connectivity index (χ0n) is 11.0. The summed E-state index contributed by atoms with van der Waals surface area (Å²) in [6, 6.07) is 5.56. The van der Waals surface area contributed by atoms with E-state index in [1.807, 2.05) is 12.2 Å². The molecule has 1 saturated carbocycles. The number of imide groups is 1. The molecule has 0 radical (unpaired) electrons. The standard InChI is InChI=1S/C15H12N2O4/c18-14-12-8-1-2-9(7-8)13(12)15(19)16(14)10-3-5-11(6-4-10)17(20)21/h1-6,8-9,12-13H,7H2/t8-,9-,12+,13+/m0/s1. The van der Waals surface area contributed by atoms with Crippen LogP contribution in [0.2, 0.25) is 0 Å². The average Bonchev–Trinajstić information content (AvgIpc) is 3.13. The molecule has 4 atom stereocenters. The monoisotopic (exact) mass is 284 g/mol. The second-order valence-corrected chi connectivity index (χ2v) is 5.79. The van der Waals surface area contributed by atoms with Crippen LogP contribution in [0.25, 0.3) is 0 Å². The molecule has 6 nitrogen and oxygen atoms in total. The lowest BCUT2D eigenvalue weighted by Gasteiger charge is -2.16. The van der Waals surface area contributed by atoms with Crippen LogP contribution in [0.1, 0.15) is 6.42 Å². The summed E-state index contributed by atoms with van der Waals surface area (Å²) in [5.74, 6) is -0.504. The quantitative estimate of drug-likeness (QED) is 0.359. The SMILES string of the molecule is O=C1[C@H]2[C@H](C(=O)N1c1ccc([N+](=O)[O-])cc1)[C@H]1C=C[C@H]2C1. The molecule has 2 fully saturated rings. The summed E-state index contributed by atoms with van der Waals surface area (Å²) in [5.41, 5.74) is 0.365. The smallest absolute Gasteiger partial charge is 0.269 e. The van der Waals surface area contributed by atoms with Crippen LogP contribution >= 0.6 is 0 Å². The van der Waals surface area contributed by atoms with Crippen LogP contribution in [0, 0.1) is 33.8 Å². The van der Waals surface area contributed by atoms with Crippen LogP contribution in [-0.2, 0) is 9.59 Å². The zero-order valence-corrected chi connectivity index (χ0v) is 11.0. The number of non-ortho nitro benzene ring substituents is 1. The van der Waals surface area contributed by atoms with E-state index in [9.17, 15) is 19.7 Å². The van der Waals surface area contributed by atoms with Gasteiger partial charge in [0.2, 0.25) is 11.8 Å². The minimum absolute atomic E-state index is 0.0558. The Hall–Kier alpha value is -2.50. The second-order valence-electron chi connectivity index (χ2n) is 5.79. The van der Waals surface area contributed by atoms with Crippen molar-refractivity contribution >= 4 is 23.2 Å². The van der Waals surface area contributed by atoms with Crippen molar-refractivity contribution in [3.63, 3.8) is 0 Å². The molecule has 4 rings (SSSR count). The van der Waals surface area contributed by atoms with Gasteiger partial charge in [0, 0.05) is 12.1 Å². The lowest BCUT2D eigenvalue weighted by atomic mass is 9.85. The Morgan fingerprint density at radius 1 is 1.00 bits per heavy atom. The third kappa shape index (κ3) is 1.53. The molecule has 0 spiro atoms. The number of rotatable bonds is 2. The number of hydrogen-bond acceptors (Lipinski definition) is 4. The fraction of sp³-hybridized carbons (Fsp3) is 0.333. The summed E-state index contributed by atoms with van der Waals surface area (Å²) in [7, 11) is 0. The van der Waals surface area contributed by atoms with Gasteiger partial charge < -0.3 is 0 Å². The van der Waals surface area contributed by atoms with Gasteiger partial charge >= 0.3 is 0 Å². The Labute approximate surface area is 120 Å². The molecule has 0 aromatic heterocycles. The van der Waals surface area contributed by atoms with Crippen LogP contribution in [0.3, 0.4) is 0 Å². The van der Waals surface area contributed by atoms with Crippen LogP contribution < -0.4 is 4.90 Å². The molecule has 3 aliphatic rings. The predicted octanol–water partition coefficient (Wildman–Crippen LogP) is 1.91. The topological polar surface area (TPSA) is 80.5 Å². The Morgan fingerprint density at radius 3 is 2.00 bits per heavy atom. The van der Waals surface area contributed by atoms with E-state index in [-0.39, 0.29) is 41.2 Å². The zero-order chi connectivity index (χ0) is 14.7. The van der Waals surface area contributed by atoms with Gasteiger partial charge in [0.05, 0.1) is 22.4 Å². The number of carbonyl (C=O) groups is 2. The molecule has 1 heterocycles. The van der Waals surface area contributed by atoms with Crippen LogP contribution in [0.4, 0.5) is 11.4 Å². The molecule has 2 amide bonds. The number of anilines is 1. The summed E-state index contributed by atoms with van der Waals surface area (Å²) in [6.07, 6.45) is 4.97. The number of nitrogens with zero attached hydrogens (tertiary/aromatic N) is 2. The maximum absolute atomic E-state index is 12.5. The number of benzene rings is 1. The van der Waals surface area contributed by atoms with E-state index in [0.717, 1.165) is 6.42 Å². The molecule has 0 unspecified atom stereocenters. The van der Waals surface area contributed by atoms with E-state index in [1.165, 1.54) is 29.2 Å². The van der Waals surface area contributed by atoms with Gasteiger partial charge in [-0.05, 0) is 30.4 Å². The van der Waals surface area contributed by atoms with Gasteiger partial charge in [0.15, 0.2) is 0 Å². The number of carbonyl (C=O) groups excluding carboxylic acids is 2. The number of allylic oxidation sites excluding steroid dienone is 2. The lowest BCUT2D eigenvalue weighted by Crippen LogP contribution is -2.32. The highest BCUT2D eigenvalue weighted by Gasteiger charge is 2.59. The summed E-state index contributed by atoms with van der Waals surface area (Å²) < 4.78 is 0. The van der Waals surface area contributed by atoms with E-state index in [2.05, 4.69) is 0 Å². The lowest BCUT2D eigenvalue weighted by molar-refractivity contribution is -0.384. The molecular weight excluding hydrogens is 272 g/mol. The maximum Gasteiger partial charge on any atom is 0.269 e. The van der Waals surface area contributed by atoms with Gasteiger partial charge in [-0.3, -0.25) is 24.6 Å². The van der Waals surface area contributed by atoms with Gasteiger partial charge in [-0.1, -0.05) is 12.2 Å². The Morgan fingerprint density at radius 2 is 1.52 bits per heavy atom. The highest BCUT2D eigenvalue weighted by molar-refractivity contribution is 6.22. The van der Waals surface area contributed by atoms with Crippen molar-refractivity contribution in [1.29, 1.82) is 0 Å². The molecule has 1 aromatic rings. The number of fused-ring (bicyclic) bond motifs is 5. The van der Waals surface area contributed by atoms with E-state index in [0.29, 0.717) is 5.69 Å². The predicted molar refractivity (Wildman–Crippen MR) is 73.3 cm³/mol. The first-order valence-electron chi connectivity index (χ1n) is 6.88. The van der Waals surface area contributed by atoms with Crippen LogP contribution in [-0.4, -0.2) is 16.7 Å². The number of nitro groups is 1. The Balaban J connectivity index is 1.69. The highest BCUT2D eigenvalue weighted by atomic mass is 16.6. The third-order valence-corrected chi connectivity index (χ3v) is 4.79. The number of nitro benzene ring substituents is 1. The molecule has 6 heteroatoms. The van der Waals surface area contributed by atoms with Crippen molar-refractivity contribution in [2.75, 3.05) is 4.90 Å². The van der Waals surface area contributed by atoms with E-state index >= 15 is 0 Å². The van der Waals surface area contributed by atoms with Gasteiger partial charge in [-0.25, -0.2) is 0 Å². The largest absolute Gasteiger partial charge is 0.274 e. The summed E-state index contributed by atoms with van der Waals surface area (Å²) in [6.45, 7) is 0. The average molecular weight is 284 g/mol. The molecule has 1 aliphatic heterocycles. The number of amides is 2. The molecule has 2 bridgehead atoms. The summed E-state index contributed by atoms with van der Waals surface area (Å²) >= 11 is 0. The normalized spacial score (nSPS) is 32.9. The van der Waals surface area contributed by atoms with Crippen molar-refractivity contribution in [3.8, 4) is 0 Å². The van der Waals surface area contributed by atoms with E-state index < -0.39 is 4.92 Å². The fourth-order valence-corrected chi connectivity index (χ4v) is 3.88. The summed E-state index contributed by atoms with van der Waals surface area (Å²) in [4.78, 5) is 36.4. The van der Waals surface area contributed by atoms with Gasteiger partial charge in [-0.15, -0.1) is 0 Å². The third-order valence-electron chi connectivity index (χ3n) is 4.79. The summed E-state index contributed by atoms with van der Waals surface area (Å²) in [5, 5.41) is 10.7. The second kappa shape index (κ2) is 4.00. The van der Waals surface area contributed by atoms with Crippen molar-refractivity contribution in [2.24, 2.45) is 23.7 Å². The van der Waals surface area contributed by atoms with Crippen LogP contribution in [0.15, 0.2) is 36.4 Å². The Kier molecular flexibility index (Phi) is 2.34. The minimum atomic E-state index is -0.504. The molecule has 21 heavy (non-hydrogen) atoms. The van der Waals surface area contributed by atoms with Crippen molar-refractivity contribution in [2.45, 2.75) is 6.42 Å². The number of hydrogen-bond donors (Lipinski definition) is 0. The van der Waals surface area contributed by atoms with Crippen molar-refractivity contribution in [3.05, 3.63) is 46.5 Å². The minimum Gasteiger partial charge on any atom is -0.274 e. The molecule has 1 aromatic carbocycles. The first-order chi connectivity index (χ1) is 10.1. The van der Waals surface area contributed by atoms with Crippen LogP contribution in [0.5, 0.6) is 0 Å². The van der Waals surface area contributed by atoms with Gasteiger partial charge in [0.25, 0.3) is 5.69 Å². The molecule has 1 saturated heterocycles. The van der Waals surface area contributed by atoms with Crippen molar-refractivity contribution in [1.82, 2.24) is 0 Å². The van der Waals surface area contributed by atoms with E-state index in [4.69, 9.17) is 0 Å². The maximum atomic E-state index is 12.5. The van der Waals surface area contributed by atoms with Crippen molar-refractivity contribution < 1.29 is 14.5 Å². The molecular formula is C15H12N2O4. The highest BCUT2D eigenvalue weighted by Crippen LogP contribution is 2.53. The van der Waals surface area contributed by atoms with E-state index in [1.54, 1.807) is 0 Å². The Bertz CT molecular complexity index is 664. The van der Waals surface area contributed by atoms with Gasteiger partial charge in [-0.2, -0.15) is 0 Å². The first-order valence-corrected chi connectivity index (χ1v) is 6.88.